The van der Waals surface area contributed by atoms with Gasteiger partial charge < -0.3 is 20.3 Å². The minimum atomic E-state index is -0.866. The van der Waals surface area contributed by atoms with Crippen LogP contribution in [0.3, 0.4) is 0 Å². The Labute approximate surface area is 213 Å². The van der Waals surface area contributed by atoms with E-state index in [1.54, 1.807) is 6.07 Å². The molecule has 8 rings (SSSR count). The number of rotatable bonds is 4. The number of benzene rings is 1. The van der Waals surface area contributed by atoms with E-state index in [-0.39, 0.29) is 29.2 Å². The first-order valence-electron chi connectivity index (χ1n) is 14.4. The van der Waals surface area contributed by atoms with Crippen LogP contribution in [0.15, 0.2) is 23.8 Å². The number of likely N-dealkylation sites (tertiary alicyclic amines) is 1. The predicted molar refractivity (Wildman–Crippen MR) is 135 cm³/mol. The number of carbonyl (C=O) groups excluding carboxylic acids is 1. The van der Waals surface area contributed by atoms with Crippen LogP contribution in [0.1, 0.15) is 81.8 Å². The van der Waals surface area contributed by atoms with Gasteiger partial charge in [-0.05, 0) is 88.3 Å². The number of nitrogens with one attached hydrogen (secondary N) is 1. The van der Waals surface area contributed by atoms with Crippen molar-refractivity contribution in [2.24, 2.45) is 11.3 Å². The zero-order valence-electron chi connectivity index (χ0n) is 21.1. The first kappa shape index (κ1) is 22.0. The molecule has 1 aromatic carbocycles. The second-order valence-corrected chi connectivity index (χ2v) is 13.1. The van der Waals surface area contributed by atoms with Crippen molar-refractivity contribution in [3.63, 3.8) is 0 Å². The Balaban J connectivity index is 1.21. The lowest BCUT2D eigenvalue weighted by Crippen LogP contribution is -2.78. The second kappa shape index (κ2) is 7.28. The Morgan fingerprint density at radius 3 is 2.72 bits per heavy atom. The number of fused-ring (bicyclic) bond motifs is 1. The average molecular weight is 491 g/mol. The van der Waals surface area contributed by atoms with Crippen molar-refractivity contribution in [1.29, 1.82) is 0 Å². The minimum Gasteiger partial charge on any atom is -0.504 e. The summed E-state index contributed by atoms with van der Waals surface area (Å²) < 4.78 is 6.81. The summed E-state index contributed by atoms with van der Waals surface area (Å²) in [5, 5.41) is 26.9. The smallest absolute Gasteiger partial charge is 0.244 e. The van der Waals surface area contributed by atoms with Crippen molar-refractivity contribution in [3.05, 3.63) is 34.9 Å². The molecule has 1 aromatic rings. The fraction of sp³-hybridized carbons (Fsp3) is 0.700. The number of carbonyl (C=O) groups is 1. The number of hydrogen-bond donors (Lipinski definition) is 3. The van der Waals surface area contributed by atoms with E-state index in [1.165, 1.54) is 36.8 Å². The first-order valence-corrected chi connectivity index (χ1v) is 14.4. The summed E-state index contributed by atoms with van der Waals surface area (Å²) in [6.07, 6.45) is 14.0. The van der Waals surface area contributed by atoms with Crippen molar-refractivity contribution in [3.8, 4) is 11.5 Å². The van der Waals surface area contributed by atoms with Gasteiger partial charge >= 0.3 is 0 Å². The number of phenols is 1. The van der Waals surface area contributed by atoms with Gasteiger partial charge in [0.15, 0.2) is 11.5 Å². The molecule has 5 fully saturated rings. The van der Waals surface area contributed by atoms with Crippen LogP contribution in [0, 0.1) is 11.3 Å². The third kappa shape index (κ3) is 2.68. The summed E-state index contributed by atoms with van der Waals surface area (Å²) in [5.74, 6) is 1.62. The molecule has 1 saturated heterocycles. The lowest BCUT2D eigenvalue weighted by atomic mass is 9.40. The fourth-order valence-electron chi connectivity index (χ4n) is 9.47. The van der Waals surface area contributed by atoms with Gasteiger partial charge in [-0.25, -0.2) is 0 Å². The lowest BCUT2D eigenvalue weighted by molar-refractivity contribution is -0.218. The molecule has 3 N–H and O–H groups in total. The highest BCUT2D eigenvalue weighted by atomic mass is 16.5. The molecule has 0 aromatic heterocycles. The van der Waals surface area contributed by atoms with Gasteiger partial charge in [0, 0.05) is 35.7 Å². The molecule has 36 heavy (non-hydrogen) atoms. The molecule has 6 heteroatoms. The number of piperidine rings is 1. The van der Waals surface area contributed by atoms with Gasteiger partial charge in [-0.3, -0.25) is 9.69 Å². The Morgan fingerprint density at radius 2 is 1.97 bits per heavy atom. The molecule has 7 aliphatic rings. The van der Waals surface area contributed by atoms with Crippen molar-refractivity contribution >= 4 is 5.91 Å². The number of aromatic hydroxyl groups is 1. The second-order valence-electron chi connectivity index (χ2n) is 13.1. The van der Waals surface area contributed by atoms with E-state index < -0.39 is 11.0 Å². The Morgan fingerprint density at radius 1 is 1.14 bits per heavy atom. The number of amides is 1. The van der Waals surface area contributed by atoms with Crippen LogP contribution in [0.4, 0.5) is 0 Å². The summed E-state index contributed by atoms with van der Waals surface area (Å²) in [5.41, 5.74) is 1.89. The number of aliphatic hydroxyl groups is 1. The molecule has 5 atom stereocenters. The van der Waals surface area contributed by atoms with Gasteiger partial charge in [-0.1, -0.05) is 24.5 Å². The van der Waals surface area contributed by atoms with E-state index in [0.717, 1.165) is 75.9 Å². The third-order valence-electron chi connectivity index (χ3n) is 11.5. The summed E-state index contributed by atoms with van der Waals surface area (Å²) in [4.78, 5) is 15.6. The van der Waals surface area contributed by atoms with Crippen molar-refractivity contribution in [1.82, 2.24) is 10.2 Å². The zero-order valence-corrected chi connectivity index (χ0v) is 21.1. The van der Waals surface area contributed by atoms with Crippen LogP contribution in [-0.4, -0.2) is 57.9 Å². The molecule has 0 radical (unpaired) electrons. The quantitative estimate of drug-likeness (QED) is 0.561. The summed E-state index contributed by atoms with van der Waals surface area (Å²) >= 11 is 0. The molecule has 2 aliphatic heterocycles. The molecular formula is C30H38N2O4. The van der Waals surface area contributed by atoms with E-state index >= 15 is 0 Å². The van der Waals surface area contributed by atoms with E-state index in [2.05, 4.69) is 16.3 Å². The van der Waals surface area contributed by atoms with Crippen molar-refractivity contribution < 1.29 is 19.7 Å². The number of hydrogen-bond acceptors (Lipinski definition) is 5. The molecule has 0 unspecified atom stereocenters. The maximum absolute atomic E-state index is 13.0. The van der Waals surface area contributed by atoms with Crippen LogP contribution >= 0.6 is 0 Å². The standard InChI is InChI=1S/C30H38N2O4/c33-22-8-7-19-15-23-30(35)12-11-28(10-9-20(28)16-24(34)31-21-3-1-2-4-21)27-29(30,25(19)26(22)36-27)13-14-32(23)17-18-5-6-18/h7-8,16,18,21,23,27,33,35H,1-6,9-15,17H2,(H,31,34)/b20-16+/t23-,27-,28-,29-,30+/m0/s1. The molecule has 1 amide bonds. The van der Waals surface area contributed by atoms with Gasteiger partial charge in [0.1, 0.15) is 6.10 Å². The molecular weight excluding hydrogens is 452 g/mol. The SMILES string of the molecule is O=C(/C=C1\CC[C@]12CC[C@@]1(O)[C@@H]3Cc4ccc(O)c5c4[C@@]1(CCN3CC1CC1)[C@H]2O5)NC1CCCC1. The van der Waals surface area contributed by atoms with Crippen LogP contribution < -0.4 is 10.1 Å². The summed E-state index contributed by atoms with van der Waals surface area (Å²) in [6.45, 7) is 2.06. The molecule has 192 valence electrons. The van der Waals surface area contributed by atoms with Crippen LogP contribution in [-0.2, 0) is 16.6 Å². The Bertz CT molecular complexity index is 1170. The van der Waals surface area contributed by atoms with Crippen LogP contribution in [0.25, 0.3) is 0 Å². The molecule has 4 saturated carbocycles. The maximum atomic E-state index is 13.0. The van der Waals surface area contributed by atoms with E-state index in [0.29, 0.717) is 11.8 Å². The summed E-state index contributed by atoms with van der Waals surface area (Å²) in [6, 6.07) is 4.26. The molecule has 6 nitrogen and oxygen atoms in total. The van der Waals surface area contributed by atoms with Gasteiger partial charge in [0.2, 0.25) is 5.91 Å². The third-order valence-corrected chi connectivity index (χ3v) is 11.5. The van der Waals surface area contributed by atoms with Gasteiger partial charge in [-0.2, -0.15) is 0 Å². The highest BCUT2D eigenvalue weighted by molar-refractivity contribution is 5.89. The van der Waals surface area contributed by atoms with Crippen molar-refractivity contribution in [2.45, 2.75) is 106 Å². The molecule has 2 spiro atoms. The normalized spacial score (nSPS) is 41.8. The average Bonchev–Trinajstić information content (AvgIpc) is 3.37. The number of ether oxygens (including phenoxy) is 1. The lowest BCUT2D eigenvalue weighted by Gasteiger charge is -2.68. The van der Waals surface area contributed by atoms with Crippen LogP contribution in [0.5, 0.6) is 11.5 Å². The van der Waals surface area contributed by atoms with Gasteiger partial charge in [0.25, 0.3) is 0 Å². The first-order chi connectivity index (χ1) is 17.4. The maximum Gasteiger partial charge on any atom is 0.244 e. The van der Waals surface area contributed by atoms with Gasteiger partial charge in [-0.15, -0.1) is 0 Å². The summed E-state index contributed by atoms with van der Waals surface area (Å²) in [7, 11) is 0. The zero-order chi connectivity index (χ0) is 24.3. The highest BCUT2D eigenvalue weighted by Gasteiger charge is 2.77. The fourth-order valence-corrected chi connectivity index (χ4v) is 9.47. The largest absolute Gasteiger partial charge is 0.504 e. The van der Waals surface area contributed by atoms with E-state index in [4.69, 9.17) is 4.74 Å². The highest BCUT2D eigenvalue weighted by Crippen LogP contribution is 2.72. The monoisotopic (exact) mass is 490 g/mol. The molecule has 2 bridgehead atoms. The van der Waals surface area contributed by atoms with Gasteiger partial charge in [0.05, 0.1) is 11.0 Å². The Hall–Kier alpha value is -2.05. The van der Waals surface area contributed by atoms with E-state index in [9.17, 15) is 15.0 Å². The predicted octanol–water partition coefficient (Wildman–Crippen LogP) is 3.72. The number of nitrogens with zero attached hydrogens (tertiary/aromatic N) is 1. The number of phenolic OH excluding ortho intramolecular Hbond substituents is 1. The molecule has 5 aliphatic carbocycles. The topological polar surface area (TPSA) is 82.0 Å². The molecule has 2 heterocycles. The van der Waals surface area contributed by atoms with Crippen LogP contribution in [0.2, 0.25) is 0 Å². The van der Waals surface area contributed by atoms with Crippen molar-refractivity contribution in [2.75, 3.05) is 13.1 Å². The Kier molecular flexibility index (Phi) is 4.45. The minimum absolute atomic E-state index is 0.0362. The van der Waals surface area contributed by atoms with E-state index in [1.807, 2.05) is 6.08 Å².